The van der Waals surface area contributed by atoms with Gasteiger partial charge in [-0.1, -0.05) is 51.1 Å². The van der Waals surface area contributed by atoms with E-state index in [2.05, 4.69) is 60.2 Å². The molecule has 2 heterocycles. The Hall–Kier alpha value is -1.65. The first-order valence-electron chi connectivity index (χ1n) is 9.24. The molecule has 25 heavy (non-hydrogen) atoms. The Bertz CT molecular complexity index is 676. The van der Waals surface area contributed by atoms with Crippen LogP contribution in [0, 0.1) is 11.8 Å². The van der Waals surface area contributed by atoms with E-state index in [0.717, 1.165) is 25.1 Å². The number of carbonyl (C=O) groups is 1. The minimum Gasteiger partial charge on any atom is -0.344 e. The third kappa shape index (κ3) is 4.13. The molecule has 1 aliphatic heterocycles. The molecule has 0 radical (unpaired) electrons. The van der Waals surface area contributed by atoms with Gasteiger partial charge in [0.2, 0.25) is 5.91 Å². The minimum atomic E-state index is -0.0611. The smallest absolute Gasteiger partial charge is 0.223 e. The highest BCUT2D eigenvalue weighted by molar-refractivity contribution is 7.10. The minimum absolute atomic E-state index is 0.0445. The van der Waals surface area contributed by atoms with E-state index in [1.54, 1.807) is 11.3 Å². The Morgan fingerprint density at radius 2 is 1.88 bits per heavy atom. The molecular formula is C21H28N2OS. The molecule has 4 heteroatoms. The average Bonchev–Trinajstić information content (AvgIpc) is 3.11. The number of carbonyl (C=O) groups excluding carboxylic acids is 1. The van der Waals surface area contributed by atoms with Gasteiger partial charge in [-0.25, -0.2) is 0 Å². The summed E-state index contributed by atoms with van der Waals surface area (Å²) in [5.41, 5.74) is 2.51. The fourth-order valence-corrected chi connectivity index (χ4v) is 3.98. The van der Waals surface area contributed by atoms with Crippen LogP contribution >= 0.6 is 11.3 Å². The molecule has 0 bridgehead atoms. The number of nitrogens with one attached hydrogen (secondary N) is 2. The summed E-state index contributed by atoms with van der Waals surface area (Å²) in [7, 11) is 0. The molecule has 1 fully saturated rings. The van der Waals surface area contributed by atoms with E-state index >= 15 is 0 Å². The number of hydrogen-bond donors (Lipinski definition) is 2. The third-order valence-corrected chi connectivity index (χ3v) is 6.44. The van der Waals surface area contributed by atoms with Crippen molar-refractivity contribution in [2.24, 2.45) is 11.8 Å². The van der Waals surface area contributed by atoms with Crippen LogP contribution in [-0.2, 0) is 4.79 Å². The topological polar surface area (TPSA) is 41.1 Å². The second kappa shape index (κ2) is 8.15. The Morgan fingerprint density at radius 1 is 1.20 bits per heavy atom. The van der Waals surface area contributed by atoms with E-state index in [4.69, 9.17) is 0 Å². The lowest BCUT2D eigenvalue weighted by Gasteiger charge is -2.32. The van der Waals surface area contributed by atoms with Gasteiger partial charge in [0.1, 0.15) is 0 Å². The summed E-state index contributed by atoms with van der Waals surface area (Å²) < 4.78 is 0. The molecular weight excluding hydrogens is 328 g/mol. The van der Waals surface area contributed by atoms with Crippen LogP contribution in [-0.4, -0.2) is 19.0 Å². The molecule has 134 valence electrons. The lowest BCUT2D eigenvalue weighted by atomic mass is 9.88. The standard InChI is InChI=1S/C21H28N2OS/c1-4-14(2)16-7-9-17(10-8-16)20(19-6-5-11-25-19)23-21(24)15(3)18-12-22-13-18/h5-11,14-15,18,20,22H,4,12-13H2,1-3H3,(H,23,24). The predicted octanol–water partition coefficient (Wildman–Crippen LogP) is 4.32. The predicted molar refractivity (Wildman–Crippen MR) is 105 cm³/mol. The molecule has 0 aliphatic carbocycles. The fourth-order valence-electron chi connectivity index (χ4n) is 3.18. The summed E-state index contributed by atoms with van der Waals surface area (Å²) in [6.07, 6.45) is 1.14. The summed E-state index contributed by atoms with van der Waals surface area (Å²) in [5.74, 6) is 1.21. The number of rotatable bonds is 7. The van der Waals surface area contributed by atoms with Gasteiger partial charge in [0, 0.05) is 10.8 Å². The van der Waals surface area contributed by atoms with Crippen LogP contribution in [0.3, 0.4) is 0 Å². The van der Waals surface area contributed by atoms with Crippen molar-refractivity contribution in [1.82, 2.24) is 10.6 Å². The quantitative estimate of drug-likeness (QED) is 0.775. The summed E-state index contributed by atoms with van der Waals surface area (Å²) >= 11 is 1.70. The highest BCUT2D eigenvalue weighted by atomic mass is 32.1. The first kappa shape index (κ1) is 18.2. The van der Waals surface area contributed by atoms with Crippen molar-refractivity contribution in [3.05, 3.63) is 57.8 Å². The van der Waals surface area contributed by atoms with Crippen molar-refractivity contribution in [1.29, 1.82) is 0 Å². The number of amides is 1. The summed E-state index contributed by atoms with van der Waals surface area (Å²) in [4.78, 5) is 13.9. The molecule has 0 saturated carbocycles. The highest BCUT2D eigenvalue weighted by Crippen LogP contribution is 2.29. The van der Waals surface area contributed by atoms with Gasteiger partial charge in [0.05, 0.1) is 6.04 Å². The van der Waals surface area contributed by atoms with Crippen LogP contribution in [0.2, 0.25) is 0 Å². The van der Waals surface area contributed by atoms with E-state index in [1.807, 2.05) is 13.0 Å². The van der Waals surface area contributed by atoms with Crippen LogP contribution in [0.5, 0.6) is 0 Å². The maximum Gasteiger partial charge on any atom is 0.223 e. The van der Waals surface area contributed by atoms with Crippen molar-refractivity contribution in [2.75, 3.05) is 13.1 Å². The zero-order chi connectivity index (χ0) is 17.8. The van der Waals surface area contributed by atoms with Crippen LogP contribution in [0.25, 0.3) is 0 Å². The second-order valence-corrected chi connectivity index (χ2v) is 8.12. The van der Waals surface area contributed by atoms with Crippen molar-refractivity contribution < 1.29 is 4.79 Å². The fraction of sp³-hybridized carbons (Fsp3) is 0.476. The van der Waals surface area contributed by atoms with Gasteiger partial charge in [-0.15, -0.1) is 11.3 Å². The zero-order valence-corrected chi connectivity index (χ0v) is 16.1. The summed E-state index contributed by atoms with van der Waals surface area (Å²) in [6.45, 7) is 8.40. The number of thiophene rings is 1. The lowest BCUT2D eigenvalue weighted by Crippen LogP contribution is -2.50. The Labute approximate surface area is 154 Å². The summed E-state index contributed by atoms with van der Waals surface area (Å²) in [5, 5.41) is 8.62. The van der Waals surface area contributed by atoms with E-state index in [-0.39, 0.29) is 17.9 Å². The van der Waals surface area contributed by atoms with Crippen LogP contribution in [0.1, 0.15) is 55.2 Å². The van der Waals surface area contributed by atoms with Gasteiger partial charge in [-0.05, 0) is 53.9 Å². The van der Waals surface area contributed by atoms with Crippen LogP contribution in [0.15, 0.2) is 41.8 Å². The van der Waals surface area contributed by atoms with Gasteiger partial charge in [0.15, 0.2) is 0 Å². The van der Waals surface area contributed by atoms with Gasteiger partial charge in [0.25, 0.3) is 0 Å². The van der Waals surface area contributed by atoms with Gasteiger partial charge < -0.3 is 10.6 Å². The highest BCUT2D eigenvalue weighted by Gasteiger charge is 2.30. The van der Waals surface area contributed by atoms with Gasteiger partial charge >= 0.3 is 0 Å². The Kier molecular flexibility index (Phi) is 5.92. The van der Waals surface area contributed by atoms with Crippen LogP contribution < -0.4 is 10.6 Å². The average molecular weight is 357 g/mol. The zero-order valence-electron chi connectivity index (χ0n) is 15.3. The largest absolute Gasteiger partial charge is 0.344 e. The second-order valence-electron chi connectivity index (χ2n) is 7.14. The molecule has 1 aromatic carbocycles. The molecule has 1 aliphatic rings. The number of benzene rings is 1. The van der Waals surface area contributed by atoms with E-state index in [9.17, 15) is 4.79 Å². The van der Waals surface area contributed by atoms with Crippen molar-refractivity contribution >= 4 is 17.2 Å². The van der Waals surface area contributed by atoms with Crippen molar-refractivity contribution in [3.63, 3.8) is 0 Å². The molecule has 1 amide bonds. The SMILES string of the molecule is CCC(C)c1ccc(C(NC(=O)C(C)C2CNC2)c2cccs2)cc1. The van der Waals surface area contributed by atoms with Gasteiger partial charge in [-0.3, -0.25) is 4.79 Å². The molecule has 3 unspecified atom stereocenters. The van der Waals surface area contributed by atoms with Crippen LogP contribution in [0.4, 0.5) is 0 Å². The van der Waals surface area contributed by atoms with E-state index < -0.39 is 0 Å². The molecule has 0 spiro atoms. The lowest BCUT2D eigenvalue weighted by molar-refractivity contribution is -0.127. The molecule has 3 atom stereocenters. The van der Waals surface area contributed by atoms with E-state index in [1.165, 1.54) is 10.4 Å². The van der Waals surface area contributed by atoms with Crippen molar-refractivity contribution in [3.8, 4) is 0 Å². The molecule has 1 aromatic heterocycles. The molecule has 3 rings (SSSR count). The third-order valence-electron chi connectivity index (χ3n) is 5.50. The molecule has 3 nitrogen and oxygen atoms in total. The maximum absolute atomic E-state index is 12.7. The maximum atomic E-state index is 12.7. The molecule has 2 aromatic rings. The first-order valence-corrected chi connectivity index (χ1v) is 10.1. The molecule has 1 saturated heterocycles. The monoisotopic (exact) mass is 356 g/mol. The number of hydrogen-bond acceptors (Lipinski definition) is 3. The Balaban J connectivity index is 1.79. The normalized spacial score (nSPS) is 18.2. The molecule has 2 N–H and O–H groups in total. The summed E-state index contributed by atoms with van der Waals surface area (Å²) in [6, 6.07) is 12.8. The Morgan fingerprint density at radius 3 is 2.40 bits per heavy atom. The first-order chi connectivity index (χ1) is 12.1. The van der Waals surface area contributed by atoms with Gasteiger partial charge in [-0.2, -0.15) is 0 Å². The van der Waals surface area contributed by atoms with Crippen molar-refractivity contribution in [2.45, 2.75) is 39.2 Å². The van der Waals surface area contributed by atoms with E-state index in [0.29, 0.717) is 11.8 Å².